The van der Waals surface area contributed by atoms with E-state index in [1.807, 2.05) is 6.07 Å². The fourth-order valence-corrected chi connectivity index (χ4v) is 2.65. The molecule has 0 unspecified atom stereocenters. The van der Waals surface area contributed by atoms with Crippen molar-refractivity contribution in [2.24, 2.45) is 0 Å². The number of fused-ring (bicyclic) bond motifs is 1. The molecule has 0 saturated carbocycles. The van der Waals surface area contributed by atoms with E-state index < -0.39 is 0 Å². The summed E-state index contributed by atoms with van der Waals surface area (Å²) in [5.41, 5.74) is 3.45. The molecular formula is C17H26N2O. The van der Waals surface area contributed by atoms with Crippen LogP contribution >= 0.6 is 0 Å². The van der Waals surface area contributed by atoms with Gasteiger partial charge in [0.1, 0.15) is 0 Å². The summed E-state index contributed by atoms with van der Waals surface area (Å²) in [7, 11) is 0. The highest BCUT2D eigenvalue weighted by Gasteiger charge is 2.09. The monoisotopic (exact) mass is 274 g/mol. The number of amides is 1. The van der Waals surface area contributed by atoms with Crippen molar-refractivity contribution in [1.82, 2.24) is 0 Å². The van der Waals surface area contributed by atoms with Crippen LogP contribution in [0.5, 0.6) is 0 Å². The lowest BCUT2D eigenvalue weighted by atomic mass is 10.0. The maximum atomic E-state index is 11.9. The number of rotatable bonds is 7. The Morgan fingerprint density at radius 2 is 2.10 bits per heavy atom. The van der Waals surface area contributed by atoms with Crippen molar-refractivity contribution in [3.8, 4) is 0 Å². The summed E-state index contributed by atoms with van der Waals surface area (Å²) in [6.07, 6.45) is 8.87. The number of carbonyl (C=O) groups is 1. The highest BCUT2D eigenvalue weighted by molar-refractivity contribution is 5.91. The largest absolute Gasteiger partial charge is 0.385 e. The standard InChI is InChI=1S/C17H26N2O/c1-2-3-4-5-6-9-17(20)19-15-11-10-14-8-7-12-18-16(14)13-15/h10-11,13,18H,2-9,12H2,1H3,(H,19,20). The molecule has 0 aromatic heterocycles. The molecule has 0 saturated heterocycles. The summed E-state index contributed by atoms with van der Waals surface area (Å²) >= 11 is 0. The van der Waals surface area contributed by atoms with Crippen molar-refractivity contribution in [2.75, 3.05) is 17.2 Å². The Bertz CT molecular complexity index is 443. The molecule has 1 aromatic rings. The first kappa shape index (κ1) is 14.9. The average molecular weight is 274 g/mol. The average Bonchev–Trinajstić information content (AvgIpc) is 2.47. The van der Waals surface area contributed by atoms with Gasteiger partial charge >= 0.3 is 0 Å². The number of carbonyl (C=O) groups excluding carboxylic acids is 1. The smallest absolute Gasteiger partial charge is 0.224 e. The fraction of sp³-hybridized carbons (Fsp3) is 0.588. The molecule has 1 amide bonds. The fourth-order valence-electron chi connectivity index (χ4n) is 2.65. The van der Waals surface area contributed by atoms with Gasteiger partial charge in [0.05, 0.1) is 0 Å². The zero-order valence-corrected chi connectivity index (χ0v) is 12.5. The summed E-state index contributed by atoms with van der Waals surface area (Å²) in [6, 6.07) is 6.20. The van der Waals surface area contributed by atoms with E-state index in [4.69, 9.17) is 0 Å². The lowest BCUT2D eigenvalue weighted by molar-refractivity contribution is -0.116. The van der Waals surface area contributed by atoms with Gasteiger partial charge in [-0.2, -0.15) is 0 Å². The number of hydrogen-bond acceptors (Lipinski definition) is 2. The molecule has 110 valence electrons. The first-order chi connectivity index (χ1) is 9.79. The Balaban J connectivity index is 1.76. The van der Waals surface area contributed by atoms with Gasteiger partial charge in [0.2, 0.25) is 5.91 Å². The Hall–Kier alpha value is -1.51. The molecule has 0 fully saturated rings. The van der Waals surface area contributed by atoms with Gasteiger partial charge in [0, 0.05) is 24.3 Å². The first-order valence-corrected chi connectivity index (χ1v) is 7.96. The number of anilines is 2. The van der Waals surface area contributed by atoms with Crippen LogP contribution in [0.2, 0.25) is 0 Å². The molecule has 0 atom stereocenters. The van der Waals surface area contributed by atoms with Crippen molar-refractivity contribution in [2.45, 2.75) is 58.3 Å². The molecule has 2 rings (SSSR count). The van der Waals surface area contributed by atoms with Crippen LogP contribution in [0.1, 0.15) is 57.4 Å². The van der Waals surface area contributed by atoms with Crippen molar-refractivity contribution in [1.29, 1.82) is 0 Å². The maximum absolute atomic E-state index is 11.9. The number of hydrogen-bond donors (Lipinski definition) is 2. The molecule has 20 heavy (non-hydrogen) atoms. The Morgan fingerprint density at radius 3 is 2.95 bits per heavy atom. The van der Waals surface area contributed by atoms with Gasteiger partial charge in [-0.3, -0.25) is 4.79 Å². The second kappa shape index (κ2) is 7.93. The van der Waals surface area contributed by atoms with Gasteiger partial charge in [0.25, 0.3) is 0 Å². The van der Waals surface area contributed by atoms with E-state index in [1.54, 1.807) is 0 Å². The summed E-state index contributed by atoms with van der Waals surface area (Å²) in [5.74, 6) is 0.136. The van der Waals surface area contributed by atoms with Crippen LogP contribution in [0.3, 0.4) is 0 Å². The van der Waals surface area contributed by atoms with E-state index in [-0.39, 0.29) is 5.91 Å². The molecule has 3 nitrogen and oxygen atoms in total. The lowest BCUT2D eigenvalue weighted by Crippen LogP contribution is -2.14. The van der Waals surface area contributed by atoms with Gasteiger partial charge in [-0.15, -0.1) is 0 Å². The summed E-state index contributed by atoms with van der Waals surface area (Å²) < 4.78 is 0. The quantitative estimate of drug-likeness (QED) is 0.726. The van der Waals surface area contributed by atoms with E-state index in [2.05, 4.69) is 29.7 Å². The molecule has 1 aliphatic heterocycles. The van der Waals surface area contributed by atoms with Crippen molar-refractivity contribution < 1.29 is 4.79 Å². The third-order valence-corrected chi connectivity index (χ3v) is 3.84. The SMILES string of the molecule is CCCCCCCC(=O)Nc1ccc2c(c1)NCCC2. The van der Waals surface area contributed by atoms with Crippen LogP contribution in [0.4, 0.5) is 11.4 Å². The van der Waals surface area contributed by atoms with E-state index in [0.717, 1.165) is 31.5 Å². The molecule has 1 aliphatic rings. The van der Waals surface area contributed by atoms with Crippen LogP contribution in [0.15, 0.2) is 18.2 Å². The predicted molar refractivity (Wildman–Crippen MR) is 85.3 cm³/mol. The van der Waals surface area contributed by atoms with Gasteiger partial charge in [0.15, 0.2) is 0 Å². The predicted octanol–water partition coefficient (Wildman–Crippen LogP) is 4.34. The first-order valence-electron chi connectivity index (χ1n) is 7.96. The van der Waals surface area contributed by atoms with Crippen molar-refractivity contribution >= 4 is 17.3 Å². The molecule has 0 aliphatic carbocycles. The molecule has 0 radical (unpaired) electrons. The van der Waals surface area contributed by atoms with Crippen molar-refractivity contribution in [3.05, 3.63) is 23.8 Å². The minimum absolute atomic E-state index is 0.136. The normalized spacial score (nSPS) is 13.4. The molecular weight excluding hydrogens is 248 g/mol. The minimum atomic E-state index is 0.136. The number of benzene rings is 1. The summed E-state index contributed by atoms with van der Waals surface area (Å²) in [6.45, 7) is 3.23. The van der Waals surface area contributed by atoms with E-state index in [9.17, 15) is 4.79 Å². The highest BCUT2D eigenvalue weighted by Crippen LogP contribution is 2.25. The second-order valence-electron chi connectivity index (χ2n) is 5.61. The Kier molecular flexibility index (Phi) is 5.90. The van der Waals surface area contributed by atoms with Crippen LogP contribution in [0, 0.1) is 0 Å². The zero-order valence-electron chi connectivity index (χ0n) is 12.5. The zero-order chi connectivity index (χ0) is 14.2. The van der Waals surface area contributed by atoms with Gasteiger partial charge in [-0.25, -0.2) is 0 Å². The number of aryl methyl sites for hydroxylation is 1. The molecule has 2 N–H and O–H groups in total. The van der Waals surface area contributed by atoms with Crippen molar-refractivity contribution in [3.63, 3.8) is 0 Å². The van der Waals surface area contributed by atoms with Gasteiger partial charge in [-0.05, 0) is 37.0 Å². The Labute approximate surface area is 122 Å². The molecule has 1 aromatic carbocycles. The van der Waals surface area contributed by atoms with Gasteiger partial charge in [-0.1, -0.05) is 38.7 Å². The van der Waals surface area contributed by atoms with E-state index in [1.165, 1.54) is 36.9 Å². The van der Waals surface area contributed by atoms with Crippen LogP contribution in [-0.2, 0) is 11.2 Å². The Morgan fingerprint density at radius 1 is 1.25 bits per heavy atom. The maximum Gasteiger partial charge on any atom is 0.224 e. The molecule has 0 spiro atoms. The van der Waals surface area contributed by atoms with E-state index >= 15 is 0 Å². The summed E-state index contributed by atoms with van der Waals surface area (Å²) in [5, 5.41) is 6.40. The molecule has 1 heterocycles. The highest BCUT2D eigenvalue weighted by atomic mass is 16.1. The minimum Gasteiger partial charge on any atom is -0.385 e. The van der Waals surface area contributed by atoms with Crippen LogP contribution in [0.25, 0.3) is 0 Å². The van der Waals surface area contributed by atoms with Crippen LogP contribution < -0.4 is 10.6 Å². The van der Waals surface area contributed by atoms with Gasteiger partial charge < -0.3 is 10.6 Å². The van der Waals surface area contributed by atoms with E-state index in [0.29, 0.717) is 6.42 Å². The number of nitrogens with one attached hydrogen (secondary N) is 2. The summed E-state index contributed by atoms with van der Waals surface area (Å²) in [4.78, 5) is 11.9. The molecule has 0 bridgehead atoms. The third kappa shape index (κ3) is 4.55. The lowest BCUT2D eigenvalue weighted by Gasteiger charge is -2.18. The van der Waals surface area contributed by atoms with Crippen LogP contribution in [-0.4, -0.2) is 12.5 Å². The second-order valence-corrected chi connectivity index (χ2v) is 5.61. The topological polar surface area (TPSA) is 41.1 Å². The number of unbranched alkanes of at least 4 members (excludes halogenated alkanes) is 4. The molecule has 3 heteroatoms. The third-order valence-electron chi connectivity index (χ3n) is 3.84.